The number of rotatable bonds is 4. The number of nitrogens with zero attached hydrogens (tertiary/aromatic N) is 3. The summed E-state index contributed by atoms with van der Waals surface area (Å²) in [5.74, 6) is 0.276. The van der Waals surface area contributed by atoms with Crippen LogP contribution in [-0.4, -0.2) is 35.4 Å². The fraction of sp³-hybridized carbons (Fsp3) is 0.625. The molecule has 0 aliphatic heterocycles. The third-order valence-corrected chi connectivity index (χ3v) is 1.85. The summed E-state index contributed by atoms with van der Waals surface area (Å²) in [4.78, 5) is 4.96. The van der Waals surface area contributed by atoms with Crippen LogP contribution < -0.4 is 10.6 Å². The number of hydrogen-bond acceptors (Lipinski definition) is 3. The Morgan fingerprint density at radius 3 is 2.60 bits per heavy atom. The predicted octanol–water partition coefficient (Wildman–Crippen LogP) is 0.747. The first-order valence-electron chi connectivity index (χ1n) is 4.43. The van der Waals surface area contributed by atoms with Gasteiger partial charge in [0.15, 0.2) is 0 Å². The summed E-state index contributed by atoms with van der Waals surface area (Å²) in [5.41, 5.74) is 5.26. The minimum absolute atomic E-state index is 0.129. The van der Waals surface area contributed by atoms with Gasteiger partial charge in [0.25, 0.3) is 0 Å². The van der Waals surface area contributed by atoms with Gasteiger partial charge in [0.05, 0.1) is 0 Å². The molecule has 0 unspecified atom stereocenters. The van der Waals surface area contributed by atoms with Gasteiger partial charge in [-0.1, -0.05) is 0 Å². The molecule has 0 aliphatic carbocycles. The van der Waals surface area contributed by atoms with Crippen molar-refractivity contribution in [2.75, 3.05) is 24.5 Å². The van der Waals surface area contributed by atoms with E-state index in [1.54, 1.807) is 13.2 Å². The standard InChI is InChI=1S/C8H13F3N4/c1-14-5-3-13-7(14)15(4-2-12)6-8(9,10)11/h3,5H,2,4,6,12H2,1H3. The molecule has 1 aromatic rings. The molecule has 0 saturated heterocycles. The van der Waals surface area contributed by atoms with Gasteiger partial charge >= 0.3 is 6.18 Å². The second-order valence-electron chi connectivity index (χ2n) is 3.16. The Labute approximate surface area is 85.5 Å². The van der Waals surface area contributed by atoms with Crippen molar-refractivity contribution in [1.29, 1.82) is 0 Å². The average Bonchev–Trinajstić information content (AvgIpc) is 2.48. The molecule has 1 rings (SSSR count). The van der Waals surface area contributed by atoms with Crippen molar-refractivity contribution in [2.24, 2.45) is 12.8 Å². The zero-order chi connectivity index (χ0) is 11.5. The summed E-state index contributed by atoms with van der Waals surface area (Å²) in [6.45, 7) is -0.748. The van der Waals surface area contributed by atoms with Gasteiger partial charge in [0, 0.05) is 32.5 Å². The van der Waals surface area contributed by atoms with E-state index in [1.165, 1.54) is 10.8 Å². The minimum atomic E-state index is -4.25. The Morgan fingerprint density at radius 1 is 1.53 bits per heavy atom. The summed E-state index contributed by atoms with van der Waals surface area (Å²) in [5, 5.41) is 0. The molecular formula is C8H13F3N4. The van der Waals surface area contributed by atoms with Gasteiger partial charge in [-0.25, -0.2) is 4.98 Å². The molecule has 1 heterocycles. The van der Waals surface area contributed by atoms with Crippen LogP contribution in [0.2, 0.25) is 0 Å². The first kappa shape index (κ1) is 11.8. The minimum Gasteiger partial charge on any atom is -0.332 e. The number of aryl methyl sites for hydroxylation is 1. The molecule has 0 aromatic carbocycles. The zero-order valence-electron chi connectivity index (χ0n) is 8.33. The van der Waals surface area contributed by atoms with Crippen molar-refractivity contribution >= 4 is 5.95 Å². The molecule has 0 bridgehead atoms. The third kappa shape index (κ3) is 3.43. The van der Waals surface area contributed by atoms with E-state index in [1.807, 2.05) is 0 Å². The fourth-order valence-electron chi connectivity index (χ4n) is 1.28. The van der Waals surface area contributed by atoms with E-state index in [0.29, 0.717) is 0 Å². The second-order valence-corrected chi connectivity index (χ2v) is 3.16. The monoisotopic (exact) mass is 222 g/mol. The van der Waals surface area contributed by atoms with E-state index in [0.717, 1.165) is 4.90 Å². The smallest absolute Gasteiger partial charge is 0.332 e. The van der Waals surface area contributed by atoms with Crippen molar-refractivity contribution < 1.29 is 13.2 Å². The van der Waals surface area contributed by atoms with Crippen LogP contribution >= 0.6 is 0 Å². The van der Waals surface area contributed by atoms with Crippen LogP contribution in [-0.2, 0) is 7.05 Å². The number of nitrogens with two attached hydrogens (primary N) is 1. The number of alkyl halides is 3. The van der Waals surface area contributed by atoms with Crippen molar-refractivity contribution in [3.63, 3.8) is 0 Å². The largest absolute Gasteiger partial charge is 0.406 e. The Balaban J connectivity index is 2.79. The average molecular weight is 222 g/mol. The quantitative estimate of drug-likeness (QED) is 0.817. The van der Waals surface area contributed by atoms with Crippen molar-refractivity contribution in [3.05, 3.63) is 12.4 Å². The molecule has 86 valence electrons. The van der Waals surface area contributed by atoms with Gasteiger partial charge in [-0.05, 0) is 0 Å². The maximum atomic E-state index is 12.2. The van der Waals surface area contributed by atoms with Crippen molar-refractivity contribution in [1.82, 2.24) is 9.55 Å². The summed E-state index contributed by atoms with van der Waals surface area (Å²) >= 11 is 0. The molecule has 15 heavy (non-hydrogen) atoms. The molecule has 2 N–H and O–H groups in total. The Morgan fingerprint density at radius 2 is 2.20 bits per heavy atom. The van der Waals surface area contributed by atoms with Crippen LogP contribution in [0.15, 0.2) is 12.4 Å². The maximum Gasteiger partial charge on any atom is 0.406 e. The number of halogens is 3. The zero-order valence-corrected chi connectivity index (χ0v) is 8.33. The van der Waals surface area contributed by atoms with Gasteiger partial charge < -0.3 is 15.2 Å². The third-order valence-electron chi connectivity index (χ3n) is 1.85. The fourth-order valence-corrected chi connectivity index (χ4v) is 1.28. The topological polar surface area (TPSA) is 47.1 Å². The van der Waals surface area contributed by atoms with Crippen LogP contribution in [0.5, 0.6) is 0 Å². The summed E-state index contributed by atoms with van der Waals surface area (Å²) in [7, 11) is 1.64. The molecule has 0 aliphatic rings. The van der Waals surface area contributed by atoms with Crippen LogP contribution in [0.4, 0.5) is 19.1 Å². The Kier molecular flexibility index (Phi) is 3.57. The SMILES string of the molecule is Cn1ccnc1N(CCN)CC(F)(F)F. The van der Waals surface area contributed by atoms with E-state index < -0.39 is 12.7 Å². The van der Waals surface area contributed by atoms with Crippen molar-refractivity contribution in [3.8, 4) is 0 Å². The molecule has 1 aromatic heterocycles. The number of hydrogen-bond donors (Lipinski definition) is 1. The molecule has 0 amide bonds. The highest BCUT2D eigenvalue weighted by atomic mass is 19.4. The molecule has 7 heteroatoms. The van der Waals surface area contributed by atoms with Crippen LogP contribution in [0.25, 0.3) is 0 Å². The van der Waals surface area contributed by atoms with Crippen molar-refractivity contribution in [2.45, 2.75) is 6.18 Å². The van der Waals surface area contributed by atoms with E-state index >= 15 is 0 Å². The molecule has 0 radical (unpaired) electrons. The number of imidazole rings is 1. The highest BCUT2D eigenvalue weighted by Crippen LogP contribution is 2.19. The lowest BCUT2D eigenvalue weighted by Crippen LogP contribution is -2.39. The maximum absolute atomic E-state index is 12.2. The summed E-state index contributed by atoms with van der Waals surface area (Å²) < 4.78 is 38.2. The number of aromatic nitrogens is 2. The Bertz CT molecular complexity index is 307. The van der Waals surface area contributed by atoms with Crippen LogP contribution in [0.3, 0.4) is 0 Å². The highest BCUT2D eigenvalue weighted by Gasteiger charge is 2.31. The van der Waals surface area contributed by atoms with Gasteiger partial charge in [0.1, 0.15) is 6.54 Å². The van der Waals surface area contributed by atoms with E-state index in [4.69, 9.17) is 5.73 Å². The lowest BCUT2D eigenvalue weighted by molar-refractivity contribution is -0.119. The lowest BCUT2D eigenvalue weighted by Gasteiger charge is -2.24. The molecule has 0 saturated carbocycles. The summed E-state index contributed by atoms with van der Waals surface area (Å²) in [6, 6.07) is 0. The summed E-state index contributed by atoms with van der Waals surface area (Å²) in [6.07, 6.45) is -1.20. The van der Waals surface area contributed by atoms with Gasteiger partial charge in [-0.3, -0.25) is 0 Å². The molecule has 0 fully saturated rings. The van der Waals surface area contributed by atoms with Crippen LogP contribution in [0, 0.1) is 0 Å². The normalized spacial score (nSPS) is 11.8. The van der Waals surface area contributed by atoms with E-state index in [-0.39, 0.29) is 19.0 Å². The molecule has 4 nitrogen and oxygen atoms in total. The predicted molar refractivity (Wildman–Crippen MR) is 50.5 cm³/mol. The molecular weight excluding hydrogens is 209 g/mol. The first-order valence-corrected chi connectivity index (χ1v) is 4.43. The highest BCUT2D eigenvalue weighted by molar-refractivity contribution is 5.31. The second kappa shape index (κ2) is 4.52. The van der Waals surface area contributed by atoms with Gasteiger partial charge in [-0.2, -0.15) is 13.2 Å². The van der Waals surface area contributed by atoms with E-state index in [9.17, 15) is 13.2 Å². The Hall–Kier alpha value is -1.24. The lowest BCUT2D eigenvalue weighted by atomic mass is 10.5. The number of anilines is 1. The molecule has 0 spiro atoms. The van der Waals surface area contributed by atoms with Crippen LogP contribution in [0.1, 0.15) is 0 Å². The van der Waals surface area contributed by atoms with Gasteiger partial charge in [-0.15, -0.1) is 0 Å². The van der Waals surface area contributed by atoms with E-state index in [2.05, 4.69) is 4.98 Å². The first-order chi connectivity index (χ1) is 6.94. The molecule has 0 atom stereocenters. The van der Waals surface area contributed by atoms with Gasteiger partial charge in [0.2, 0.25) is 5.95 Å².